The molecule has 3 heteroatoms. The van der Waals surface area contributed by atoms with Crippen molar-refractivity contribution in [3.8, 4) is 0 Å². The van der Waals surface area contributed by atoms with Gasteiger partial charge in [0.1, 0.15) is 5.01 Å². The second-order valence-electron chi connectivity index (χ2n) is 5.02. The standard InChI is InChI=1S/C16H22N2S/c1-5-9-17-15(16-18-13(4)10-19-16)14-11(2)7-6-8-12(14)3/h6-8,10,15,17H,5,9H2,1-4H3. The fraction of sp³-hybridized carbons (Fsp3) is 0.438. The van der Waals surface area contributed by atoms with Crippen molar-refractivity contribution in [2.75, 3.05) is 6.54 Å². The molecule has 0 fully saturated rings. The Kier molecular flexibility index (Phi) is 4.72. The molecule has 0 bridgehead atoms. The Labute approximate surface area is 119 Å². The predicted molar refractivity (Wildman–Crippen MR) is 82.9 cm³/mol. The summed E-state index contributed by atoms with van der Waals surface area (Å²) in [6, 6.07) is 6.71. The van der Waals surface area contributed by atoms with Crippen LogP contribution in [0.3, 0.4) is 0 Å². The third kappa shape index (κ3) is 3.23. The smallest absolute Gasteiger partial charge is 0.114 e. The van der Waals surface area contributed by atoms with E-state index in [-0.39, 0.29) is 6.04 Å². The molecule has 0 saturated heterocycles. The number of hydrogen-bond acceptors (Lipinski definition) is 3. The first kappa shape index (κ1) is 14.2. The van der Waals surface area contributed by atoms with Crippen LogP contribution in [-0.4, -0.2) is 11.5 Å². The van der Waals surface area contributed by atoms with Crippen molar-refractivity contribution in [1.29, 1.82) is 0 Å². The van der Waals surface area contributed by atoms with Gasteiger partial charge >= 0.3 is 0 Å². The molecule has 0 aliphatic rings. The van der Waals surface area contributed by atoms with Gasteiger partial charge in [0.15, 0.2) is 0 Å². The summed E-state index contributed by atoms with van der Waals surface area (Å²) >= 11 is 1.75. The van der Waals surface area contributed by atoms with E-state index in [1.807, 2.05) is 0 Å². The number of nitrogens with zero attached hydrogens (tertiary/aromatic N) is 1. The summed E-state index contributed by atoms with van der Waals surface area (Å²) in [4.78, 5) is 4.68. The number of thiazole rings is 1. The first-order chi connectivity index (χ1) is 9.13. The van der Waals surface area contributed by atoms with E-state index < -0.39 is 0 Å². The lowest BCUT2D eigenvalue weighted by atomic mass is 9.96. The molecule has 1 heterocycles. The minimum atomic E-state index is 0.222. The Morgan fingerprint density at radius 3 is 2.42 bits per heavy atom. The van der Waals surface area contributed by atoms with Gasteiger partial charge in [-0.15, -0.1) is 11.3 Å². The van der Waals surface area contributed by atoms with Crippen molar-refractivity contribution in [3.63, 3.8) is 0 Å². The molecule has 1 aromatic carbocycles. The van der Waals surface area contributed by atoms with E-state index in [4.69, 9.17) is 0 Å². The van der Waals surface area contributed by atoms with Crippen molar-refractivity contribution >= 4 is 11.3 Å². The van der Waals surface area contributed by atoms with Crippen molar-refractivity contribution < 1.29 is 0 Å². The normalized spacial score (nSPS) is 12.6. The summed E-state index contributed by atoms with van der Waals surface area (Å²) < 4.78 is 0. The number of benzene rings is 1. The summed E-state index contributed by atoms with van der Waals surface area (Å²) in [5.41, 5.74) is 5.16. The number of rotatable bonds is 5. The molecule has 0 amide bonds. The van der Waals surface area contributed by atoms with Gasteiger partial charge in [-0.2, -0.15) is 0 Å². The van der Waals surface area contributed by atoms with E-state index >= 15 is 0 Å². The molecule has 102 valence electrons. The molecule has 1 aromatic heterocycles. The van der Waals surface area contributed by atoms with Crippen LogP contribution in [0.4, 0.5) is 0 Å². The number of aryl methyl sites for hydroxylation is 3. The molecule has 2 nitrogen and oxygen atoms in total. The average Bonchev–Trinajstić information content (AvgIpc) is 2.79. The summed E-state index contributed by atoms with van der Waals surface area (Å²) in [6.07, 6.45) is 1.13. The zero-order valence-electron chi connectivity index (χ0n) is 12.2. The molecule has 19 heavy (non-hydrogen) atoms. The quantitative estimate of drug-likeness (QED) is 0.885. The summed E-state index contributed by atoms with van der Waals surface area (Å²) in [6.45, 7) is 9.63. The van der Waals surface area contributed by atoms with Gasteiger partial charge in [0.2, 0.25) is 0 Å². The SMILES string of the molecule is CCCNC(c1nc(C)cs1)c1c(C)cccc1C. The van der Waals surface area contributed by atoms with Gasteiger partial charge in [0, 0.05) is 11.1 Å². The van der Waals surface area contributed by atoms with Crippen molar-refractivity contribution in [2.24, 2.45) is 0 Å². The van der Waals surface area contributed by atoms with Crippen molar-refractivity contribution in [1.82, 2.24) is 10.3 Å². The van der Waals surface area contributed by atoms with Gasteiger partial charge in [0.05, 0.1) is 6.04 Å². The average molecular weight is 274 g/mol. The van der Waals surface area contributed by atoms with Crippen LogP contribution in [0.1, 0.15) is 46.8 Å². The Balaban J connectivity index is 2.42. The van der Waals surface area contributed by atoms with Crippen LogP contribution >= 0.6 is 11.3 Å². The Hall–Kier alpha value is -1.19. The Morgan fingerprint density at radius 1 is 1.21 bits per heavy atom. The third-order valence-corrected chi connectivity index (χ3v) is 4.34. The zero-order valence-corrected chi connectivity index (χ0v) is 13.0. The largest absolute Gasteiger partial charge is 0.304 e. The molecule has 1 atom stereocenters. The predicted octanol–water partition coefficient (Wildman–Crippen LogP) is 4.16. The maximum absolute atomic E-state index is 4.68. The lowest BCUT2D eigenvalue weighted by Crippen LogP contribution is -2.24. The third-order valence-electron chi connectivity index (χ3n) is 3.31. The highest BCUT2D eigenvalue weighted by Gasteiger charge is 2.20. The van der Waals surface area contributed by atoms with E-state index in [1.54, 1.807) is 11.3 Å². The fourth-order valence-electron chi connectivity index (χ4n) is 2.39. The van der Waals surface area contributed by atoms with Gasteiger partial charge in [-0.1, -0.05) is 25.1 Å². The molecule has 0 saturated carbocycles. The molecular weight excluding hydrogens is 252 g/mol. The number of nitrogens with one attached hydrogen (secondary N) is 1. The minimum Gasteiger partial charge on any atom is -0.304 e. The second kappa shape index (κ2) is 6.31. The zero-order chi connectivity index (χ0) is 13.8. The van der Waals surface area contributed by atoms with Crippen LogP contribution in [0.25, 0.3) is 0 Å². The van der Waals surface area contributed by atoms with Gasteiger partial charge in [-0.25, -0.2) is 4.98 Å². The molecule has 0 spiro atoms. The summed E-state index contributed by atoms with van der Waals surface area (Å²) in [5.74, 6) is 0. The van der Waals surface area contributed by atoms with E-state index in [2.05, 4.69) is 61.6 Å². The molecule has 1 unspecified atom stereocenters. The van der Waals surface area contributed by atoms with E-state index in [1.165, 1.54) is 21.7 Å². The fourth-order valence-corrected chi connectivity index (χ4v) is 3.27. The topological polar surface area (TPSA) is 24.9 Å². The number of aromatic nitrogens is 1. The van der Waals surface area contributed by atoms with E-state index in [0.29, 0.717) is 0 Å². The molecule has 0 aliphatic heterocycles. The maximum Gasteiger partial charge on any atom is 0.114 e. The van der Waals surface area contributed by atoms with Gasteiger partial charge in [0.25, 0.3) is 0 Å². The highest BCUT2D eigenvalue weighted by Crippen LogP contribution is 2.29. The molecule has 2 aromatic rings. The van der Waals surface area contributed by atoms with Gasteiger partial charge in [-0.3, -0.25) is 0 Å². The van der Waals surface area contributed by atoms with Crippen molar-refractivity contribution in [2.45, 2.75) is 40.2 Å². The Morgan fingerprint density at radius 2 is 1.89 bits per heavy atom. The lowest BCUT2D eigenvalue weighted by molar-refractivity contribution is 0.590. The molecule has 2 rings (SSSR count). The monoisotopic (exact) mass is 274 g/mol. The van der Waals surface area contributed by atoms with Gasteiger partial charge < -0.3 is 5.32 Å². The van der Waals surface area contributed by atoms with Crippen LogP contribution in [0, 0.1) is 20.8 Å². The van der Waals surface area contributed by atoms with Crippen LogP contribution in [-0.2, 0) is 0 Å². The second-order valence-corrected chi connectivity index (χ2v) is 5.91. The van der Waals surface area contributed by atoms with Crippen LogP contribution in [0.15, 0.2) is 23.6 Å². The molecular formula is C16H22N2S. The minimum absolute atomic E-state index is 0.222. The molecule has 1 N–H and O–H groups in total. The van der Waals surface area contributed by atoms with E-state index in [0.717, 1.165) is 18.7 Å². The summed E-state index contributed by atoms with van der Waals surface area (Å²) in [7, 11) is 0. The van der Waals surface area contributed by atoms with Crippen LogP contribution < -0.4 is 5.32 Å². The van der Waals surface area contributed by atoms with Crippen LogP contribution in [0.5, 0.6) is 0 Å². The lowest BCUT2D eigenvalue weighted by Gasteiger charge is -2.21. The maximum atomic E-state index is 4.68. The first-order valence-electron chi connectivity index (χ1n) is 6.85. The van der Waals surface area contributed by atoms with E-state index in [9.17, 15) is 0 Å². The molecule has 0 aliphatic carbocycles. The van der Waals surface area contributed by atoms with Gasteiger partial charge in [-0.05, 0) is 50.4 Å². The Bertz CT molecular complexity index is 525. The number of hydrogen-bond donors (Lipinski definition) is 1. The first-order valence-corrected chi connectivity index (χ1v) is 7.73. The highest BCUT2D eigenvalue weighted by atomic mass is 32.1. The van der Waals surface area contributed by atoms with Crippen molar-refractivity contribution in [3.05, 3.63) is 51.0 Å². The van der Waals surface area contributed by atoms with Crippen LogP contribution in [0.2, 0.25) is 0 Å². The highest BCUT2D eigenvalue weighted by molar-refractivity contribution is 7.09. The molecule has 0 radical (unpaired) electrons. The summed E-state index contributed by atoms with van der Waals surface area (Å²) in [5, 5.41) is 6.94.